The van der Waals surface area contributed by atoms with E-state index in [4.69, 9.17) is 0 Å². The van der Waals surface area contributed by atoms with Gasteiger partial charge in [-0.1, -0.05) is 6.07 Å². The van der Waals surface area contributed by atoms with Crippen LogP contribution >= 0.6 is 11.3 Å². The lowest BCUT2D eigenvalue weighted by Gasteiger charge is -2.29. The second-order valence-electron chi connectivity index (χ2n) is 6.76. The zero-order chi connectivity index (χ0) is 16.4. The highest BCUT2D eigenvalue weighted by atomic mass is 32.1. The number of nitrogens with zero attached hydrogens (tertiary/aromatic N) is 4. The quantitative estimate of drug-likeness (QED) is 0.837. The molecule has 6 heteroatoms. The zero-order valence-electron chi connectivity index (χ0n) is 13.9. The molecule has 0 N–H and O–H groups in total. The predicted molar refractivity (Wildman–Crippen MR) is 94.8 cm³/mol. The summed E-state index contributed by atoms with van der Waals surface area (Å²) < 4.78 is 1.98. The van der Waals surface area contributed by atoms with Crippen LogP contribution in [-0.2, 0) is 11.3 Å². The van der Waals surface area contributed by atoms with Gasteiger partial charge in [0.1, 0.15) is 0 Å². The fourth-order valence-electron chi connectivity index (χ4n) is 4.04. The molecular weight excluding hydrogens is 320 g/mol. The third-order valence-electron chi connectivity index (χ3n) is 5.24. The van der Waals surface area contributed by atoms with Crippen molar-refractivity contribution in [3.8, 4) is 0 Å². The Labute approximate surface area is 146 Å². The van der Waals surface area contributed by atoms with Crippen molar-refractivity contribution in [3.05, 3.63) is 40.8 Å². The predicted octanol–water partition coefficient (Wildman–Crippen LogP) is 2.77. The Hall–Kier alpha value is -1.66. The van der Waals surface area contributed by atoms with Gasteiger partial charge in [0.05, 0.1) is 19.1 Å². The minimum Gasteiger partial charge on any atom is -0.334 e. The summed E-state index contributed by atoms with van der Waals surface area (Å²) in [4.78, 5) is 18.7. The highest BCUT2D eigenvalue weighted by Gasteiger charge is 2.33. The van der Waals surface area contributed by atoms with Gasteiger partial charge in [0, 0.05) is 29.9 Å². The van der Waals surface area contributed by atoms with E-state index in [0.717, 1.165) is 38.9 Å². The van der Waals surface area contributed by atoms with Crippen LogP contribution in [0.15, 0.2) is 36.0 Å². The topological polar surface area (TPSA) is 41.4 Å². The van der Waals surface area contributed by atoms with E-state index in [0.29, 0.717) is 24.5 Å². The zero-order valence-corrected chi connectivity index (χ0v) is 14.7. The van der Waals surface area contributed by atoms with E-state index in [1.54, 1.807) is 11.3 Å². The van der Waals surface area contributed by atoms with Crippen molar-refractivity contribution in [2.75, 3.05) is 19.6 Å². The van der Waals surface area contributed by atoms with Gasteiger partial charge in [0.25, 0.3) is 0 Å². The summed E-state index contributed by atoms with van der Waals surface area (Å²) in [7, 11) is 0. The monoisotopic (exact) mass is 344 g/mol. The number of thiophene rings is 1. The lowest BCUT2D eigenvalue weighted by Crippen LogP contribution is -2.43. The molecule has 2 fully saturated rings. The Morgan fingerprint density at radius 1 is 1.25 bits per heavy atom. The number of amides is 1. The normalized spacial score (nSPS) is 24.8. The van der Waals surface area contributed by atoms with Crippen molar-refractivity contribution >= 4 is 17.2 Å². The fourth-order valence-corrected chi connectivity index (χ4v) is 4.91. The molecule has 0 bridgehead atoms. The summed E-state index contributed by atoms with van der Waals surface area (Å²) >= 11 is 1.77. The summed E-state index contributed by atoms with van der Waals surface area (Å²) in [5.41, 5.74) is 0. The van der Waals surface area contributed by atoms with Crippen LogP contribution < -0.4 is 0 Å². The first kappa shape index (κ1) is 15.8. The number of rotatable bonds is 5. The third kappa shape index (κ3) is 3.26. The maximum absolute atomic E-state index is 12.9. The summed E-state index contributed by atoms with van der Waals surface area (Å²) in [5, 5.41) is 6.42. The van der Waals surface area contributed by atoms with Crippen molar-refractivity contribution in [2.24, 2.45) is 0 Å². The summed E-state index contributed by atoms with van der Waals surface area (Å²) in [6.07, 6.45) is 8.37. The van der Waals surface area contributed by atoms with Crippen molar-refractivity contribution in [1.29, 1.82) is 0 Å². The van der Waals surface area contributed by atoms with E-state index >= 15 is 0 Å². The summed E-state index contributed by atoms with van der Waals surface area (Å²) in [6.45, 7) is 3.36. The van der Waals surface area contributed by atoms with Crippen molar-refractivity contribution in [1.82, 2.24) is 19.6 Å². The lowest BCUT2D eigenvalue weighted by atomic mass is 10.2. The number of likely N-dealkylation sites (tertiary alicyclic amines) is 2. The minimum absolute atomic E-state index is 0.290. The van der Waals surface area contributed by atoms with Crippen molar-refractivity contribution in [3.63, 3.8) is 0 Å². The van der Waals surface area contributed by atoms with Crippen LogP contribution in [0, 0.1) is 0 Å². The van der Waals surface area contributed by atoms with E-state index in [2.05, 4.69) is 32.4 Å². The molecule has 0 saturated carbocycles. The van der Waals surface area contributed by atoms with E-state index in [-0.39, 0.29) is 0 Å². The van der Waals surface area contributed by atoms with Gasteiger partial charge < -0.3 is 4.90 Å². The molecule has 2 aliphatic rings. The second-order valence-corrected chi connectivity index (χ2v) is 7.73. The molecule has 128 valence electrons. The van der Waals surface area contributed by atoms with Crippen LogP contribution in [-0.4, -0.2) is 51.2 Å². The largest absolute Gasteiger partial charge is 0.334 e. The van der Waals surface area contributed by atoms with Gasteiger partial charge in [0.2, 0.25) is 5.91 Å². The van der Waals surface area contributed by atoms with Gasteiger partial charge in [-0.3, -0.25) is 14.4 Å². The SMILES string of the molecule is O=C(CN1CCC[C@@H]1Cn1cccn1)N1CCC[C@H]1c1cccs1. The standard InChI is InChI=1S/C18H24N4OS/c23-18(22-11-2-6-16(22)17-7-3-12-24-17)14-20-9-1-5-15(20)13-21-10-4-8-19-21/h3-4,7-8,10,12,15-16H,1-2,5-6,9,11,13-14H2/t15-,16+/m1/s1. The molecule has 2 aromatic heterocycles. The first-order valence-electron chi connectivity index (χ1n) is 8.85. The molecule has 0 aromatic carbocycles. The van der Waals surface area contributed by atoms with Gasteiger partial charge in [-0.05, 0) is 49.7 Å². The molecule has 0 spiro atoms. The number of carbonyl (C=O) groups excluding carboxylic acids is 1. The Bertz CT molecular complexity index is 655. The molecule has 0 aliphatic carbocycles. The molecule has 2 atom stereocenters. The van der Waals surface area contributed by atoms with Crippen LogP contribution in [0.4, 0.5) is 0 Å². The van der Waals surface area contributed by atoms with Crippen molar-refractivity contribution < 1.29 is 4.79 Å². The number of aromatic nitrogens is 2. The van der Waals surface area contributed by atoms with Crippen LogP contribution in [0.5, 0.6) is 0 Å². The van der Waals surface area contributed by atoms with E-state index in [1.807, 2.05) is 23.1 Å². The molecule has 2 aliphatic heterocycles. The van der Waals surface area contributed by atoms with E-state index < -0.39 is 0 Å². The second kappa shape index (κ2) is 7.07. The molecule has 4 heterocycles. The van der Waals surface area contributed by atoms with Gasteiger partial charge >= 0.3 is 0 Å². The Kier molecular flexibility index (Phi) is 4.67. The highest BCUT2D eigenvalue weighted by Crippen LogP contribution is 2.34. The smallest absolute Gasteiger partial charge is 0.237 e. The molecule has 0 unspecified atom stereocenters. The van der Waals surface area contributed by atoms with Gasteiger partial charge in [-0.15, -0.1) is 11.3 Å². The maximum atomic E-state index is 12.9. The fraction of sp³-hybridized carbons (Fsp3) is 0.556. The molecule has 24 heavy (non-hydrogen) atoms. The summed E-state index contributed by atoms with van der Waals surface area (Å²) in [5.74, 6) is 0.290. The first-order valence-corrected chi connectivity index (χ1v) is 9.73. The molecule has 5 nitrogen and oxygen atoms in total. The van der Waals surface area contributed by atoms with Gasteiger partial charge in [-0.2, -0.15) is 5.10 Å². The number of carbonyl (C=O) groups is 1. The highest BCUT2D eigenvalue weighted by molar-refractivity contribution is 7.10. The van der Waals surface area contributed by atoms with Crippen LogP contribution in [0.1, 0.15) is 36.6 Å². The average molecular weight is 344 g/mol. The summed E-state index contributed by atoms with van der Waals surface area (Å²) in [6, 6.07) is 6.93. The van der Waals surface area contributed by atoms with Crippen LogP contribution in [0.2, 0.25) is 0 Å². The Balaban J connectivity index is 1.39. The minimum atomic E-state index is 0.290. The number of hydrogen-bond acceptors (Lipinski definition) is 4. The van der Waals surface area contributed by atoms with Gasteiger partial charge in [-0.25, -0.2) is 0 Å². The van der Waals surface area contributed by atoms with E-state index in [9.17, 15) is 4.79 Å². The number of hydrogen-bond donors (Lipinski definition) is 0. The molecule has 0 radical (unpaired) electrons. The average Bonchev–Trinajstić information content (AvgIpc) is 3.37. The maximum Gasteiger partial charge on any atom is 0.237 e. The lowest BCUT2D eigenvalue weighted by molar-refractivity contribution is -0.133. The first-order chi connectivity index (χ1) is 11.8. The van der Waals surface area contributed by atoms with Crippen molar-refractivity contribution in [2.45, 2.75) is 44.3 Å². The van der Waals surface area contributed by atoms with Gasteiger partial charge in [0.15, 0.2) is 0 Å². The van der Waals surface area contributed by atoms with Crippen LogP contribution in [0.25, 0.3) is 0 Å². The Morgan fingerprint density at radius 3 is 2.96 bits per heavy atom. The molecule has 2 saturated heterocycles. The molecular formula is C18H24N4OS. The van der Waals surface area contributed by atoms with E-state index in [1.165, 1.54) is 11.3 Å². The third-order valence-corrected chi connectivity index (χ3v) is 6.21. The molecule has 2 aromatic rings. The molecule has 1 amide bonds. The molecule has 4 rings (SSSR count). The van der Waals surface area contributed by atoms with Crippen LogP contribution in [0.3, 0.4) is 0 Å². The Morgan fingerprint density at radius 2 is 2.17 bits per heavy atom.